The minimum Gasteiger partial charge on any atom is -0.324 e. The number of amides is 2. The zero-order valence-corrected chi connectivity index (χ0v) is 14.5. The molecule has 0 atom stereocenters. The Hall–Kier alpha value is -3.14. The van der Waals surface area contributed by atoms with Gasteiger partial charge in [-0.2, -0.15) is 0 Å². The van der Waals surface area contributed by atoms with Gasteiger partial charge in [0.05, 0.1) is 0 Å². The second-order valence-corrected chi connectivity index (χ2v) is 6.53. The summed E-state index contributed by atoms with van der Waals surface area (Å²) in [5, 5.41) is 2.13. The Morgan fingerprint density at radius 3 is 2.38 bits per heavy atom. The molecule has 3 aromatic rings. The molecule has 0 bridgehead atoms. The van der Waals surface area contributed by atoms with Crippen molar-refractivity contribution in [2.75, 3.05) is 18.1 Å². The van der Waals surface area contributed by atoms with Gasteiger partial charge >= 0.3 is 0 Å². The second-order valence-electron chi connectivity index (χ2n) is 6.53. The van der Waals surface area contributed by atoms with E-state index < -0.39 is 0 Å². The maximum Gasteiger partial charge on any atom is 0.259 e. The van der Waals surface area contributed by atoms with Gasteiger partial charge < -0.3 is 4.90 Å². The number of hydrogen-bond donors (Lipinski definition) is 0. The molecule has 1 aliphatic rings. The van der Waals surface area contributed by atoms with Crippen LogP contribution in [0.1, 0.15) is 23.2 Å². The van der Waals surface area contributed by atoms with Gasteiger partial charge in [-0.05, 0) is 41.5 Å². The average Bonchev–Trinajstić information content (AvgIpc) is 3.10. The normalized spacial score (nSPS) is 14.0. The summed E-state index contributed by atoms with van der Waals surface area (Å²) in [5.74, 6) is 0.0129. The van der Waals surface area contributed by atoms with Gasteiger partial charge in [0.1, 0.15) is 6.67 Å². The van der Waals surface area contributed by atoms with Crippen LogP contribution in [0.5, 0.6) is 0 Å². The Morgan fingerprint density at radius 1 is 0.923 bits per heavy atom. The molecule has 1 saturated heterocycles. The average molecular weight is 344 g/mol. The first-order valence-electron chi connectivity index (χ1n) is 8.86. The number of fused-ring (bicyclic) bond motifs is 1. The highest BCUT2D eigenvalue weighted by molar-refractivity contribution is 6.08. The first kappa shape index (κ1) is 16.3. The smallest absolute Gasteiger partial charge is 0.259 e. The van der Waals surface area contributed by atoms with E-state index in [0.29, 0.717) is 18.5 Å². The van der Waals surface area contributed by atoms with E-state index in [1.165, 1.54) is 0 Å². The quantitative estimate of drug-likeness (QED) is 0.716. The molecule has 4 nitrogen and oxygen atoms in total. The highest BCUT2D eigenvalue weighted by Crippen LogP contribution is 2.22. The number of para-hydroxylation sites is 1. The summed E-state index contributed by atoms with van der Waals surface area (Å²) in [6.07, 6.45) is 1.42. The molecule has 2 amide bonds. The minimum absolute atomic E-state index is 0.0957. The molecule has 0 saturated carbocycles. The van der Waals surface area contributed by atoms with Crippen molar-refractivity contribution in [1.82, 2.24) is 4.90 Å². The molecular weight excluding hydrogens is 324 g/mol. The zero-order chi connectivity index (χ0) is 17.9. The molecule has 0 spiro atoms. The third kappa shape index (κ3) is 3.18. The van der Waals surface area contributed by atoms with Gasteiger partial charge in [0.15, 0.2) is 0 Å². The van der Waals surface area contributed by atoms with E-state index in [1.807, 2.05) is 72.8 Å². The highest BCUT2D eigenvalue weighted by atomic mass is 16.2. The summed E-state index contributed by atoms with van der Waals surface area (Å²) in [6, 6.07) is 23.3. The molecule has 4 heteroatoms. The predicted octanol–water partition coefficient (Wildman–Crippen LogP) is 4.07. The molecular formula is C22H20N2O2. The van der Waals surface area contributed by atoms with Gasteiger partial charge in [0.2, 0.25) is 5.91 Å². The van der Waals surface area contributed by atoms with Crippen molar-refractivity contribution in [3.8, 4) is 0 Å². The molecule has 0 radical (unpaired) electrons. The summed E-state index contributed by atoms with van der Waals surface area (Å²) < 4.78 is 0. The zero-order valence-electron chi connectivity index (χ0n) is 14.5. The lowest BCUT2D eigenvalue weighted by molar-refractivity contribution is -0.127. The molecule has 1 aliphatic heterocycles. The Bertz CT molecular complexity index is 953. The van der Waals surface area contributed by atoms with Crippen molar-refractivity contribution in [3.63, 3.8) is 0 Å². The van der Waals surface area contributed by atoms with Gasteiger partial charge in [-0.25, -0.2) is 0 Å². The first-order valence-corrected chi connectivity index (χ1v) is 8.86. The Kier molecular flexibility index (Phi) is 4.40. The fourth-order valence-corrected chi connectivity index (χ4v) is 3.37. The highest BCUT2D eigenvalue weighted by Gasteiger charge is 2.26. The lowest BCUT2D eigenvalue weighted by Gasteiger charge is -2.28. The number of carbonyl (C=O) groups is 2. The summed E-state index contributed by atoms with van der Waals surface area (Å²) in [6.45, 7) is 0.988. The van der Waals surface area contributed by atoms with Crippen LogP contribution in [0.3, 0.4) is 0 Å². The van der Waals surface area contributed by atoms with Crippen molar-refractivity contribution in [1.29, 1.82) is 0 Å². The van der Waals surface area contributed by atoms with Crippen LogP contribution in [-0.2, 0) is 4.79 Å². The van der Waals surface area contributed by atoms with Crippen LogP contribution < -0.4 is 4.90 Å². The molecule has 0 unspecified atom stereocenters. The molecule has 4 rings (SSSR count). The van der Waals surface area contributed by atoms with Crippen LogP contribution in [-0.4, -0.2) is 29.9 Å². The monoisotopic (exact) mass is 344 g/mol. The molecule has 0 aromatic heterocycles. The van der Waals surface area contributed by atoms with E-state index in [2.05, 4.69) is 0 Å². The van der Waals surface area contributed by atoms with Crippen molar-refractivity contribution in [2.45, 2.75) is 12.8 Å². The summed E-state index contributed by atoms with van der Waals surface area (Å²) in [4.78, 5) is 28.8. The third-order valence-electron chi connectivity index (χ3n) is 4.79. The van der Waals surface area contributed by atoms with Crippen molar-refractivity contribution < 1.29 is 9.59 Å². The van der Waals surface area contributed by atoms with Gasteiger partial charge in [0.25, 0.3) is 5.91 Å². The molecule has 3 aromatic carbocycles. The van der Waals surface area contributed by atoms with E-state index >= 15 is 0 Å². The number of carbonyl (C=O) groups excluding carboxylic acids is 2. The van der Waals surface area contributed by atoms with Gasteiger partial charge in [-0.15, -0.1) is 0 Å². The van der Waals surface area contributed by atoms with Crippen LogP contribution >= 0.6 is 0 Å². The summed E-state index contributed by atoms with van der Waals surface area (Å²) in [7, 11) is 0. The van der Waals surface area contributed by atoms with E-state index in [-0.39, 0.29) is 18.5 Å². The van der Waals surface area contributed by atoms with Gasteiger partial charge in [-0.1, -0.05) is 48.5 Å². The lowest BCUT2D eigenvalue weighted by Crippen LogP contribution is -2.42. The fraction of sp³-hybridized carbons (Fsp3) is 0.182. The van der Waals surface area contributed by atoms with Crippen LogP contribution in [0.15, 0.2) is 72.8 Å². The van der Waals surface area contributed by atoms with Crippen LogP contribution in [0, 0.1) is 0 Å². The maximum absolute atomic E-state index is 13.3. The topological polar surface area (TPSA) is 40.6 Å². The number of benzene rings is 3. The molecule has 1 heterocycles. The number of likely N-dealkylation sites (tertiary alicyclic amines) is 1. The van der Waals surface area contributed by atoms with Crippen LogP contribution in [0.4, 0.5) is 5.69 Å². The first-order chi connectivity index (χ1) is 12.7. The Morgan fingerprint density at radius 2 is 1.65 bits per heavy atom. The maximum atomic E-state index is 13.3. The molecule has 0 N–H and O–H groups in total. The van der Waals surface area contributed by atoms with Gasteiger partial charge in [0, 0.05) is 24.2 Å². The third-order valence-corrected chi connectivity index (χ3v) is 4.79. The molecule has 1 fully saturated rings. The Labute approximate surface area is 152 Å². The largest absolute Gasteiger partial charge is 0.324 e. The number of anilines is 1. The Balaban J connectivity index is 1.69. The second kappa shape index (κ2) is 7.00. The van der Waals surface area contributed by atoms with Crippen LogP contribution in [0.2, 0.25) is 0 Å². The summed E-state index contributed by atoms with van der Waals surface area (Å²) in [5.41, 5.74) is 1.42. The summed E-state index contributed by atoms with van der Waals surface area (Å²) >= 11 is 0. The SMILES string of the molecule is O=C1CCCN1CN(C(=O)c1ccc2ccccc2c1)c1ccccc1. The molecule has 130 valence electrons. The lowest BCUT2D eigenvalue weighted by atomic mass is 10.1. The van der Waals surface area contributed by atoms with Crippen LogP contribution in [0.25, 0.3) is 10.8 Å². The van der Waals surface area contributed by atoms with E-state index in [1.54, 1.807) is 9.80 Å². The number of hydrogen-bond acceptors (Lipinski definition) is 2. The van der Waals surface area contributed by atoms with E-state index in [9.17, 15) is 9.59 Å². The number of nitrogens with zero attached hydrogens (tertiary/aromatic N) is 2. The minimum atomic E-state index is -0.0957. The predicted molar refractivity (Wildman–Crippen MR) is 103 cm³/mol. The van der Waals surface area contributed by atoms with Gasteiger partial charge in [-0.3, -0.25) is 14.5 Å². The van der Waals surface area contributed by atoms with E-state index in [0.717, 1.165) is 22.9 Å². The van der Waals surface area contributed by atoms with E-state index in [4.69, 9.17) is 0 Å². The molecule has 26 heavy (non-hydrogen) atoms. The number of rotatable bonds is 4. The fourth-order valence-electron chi connectivity index (χ4n) is 3.37. The van der Waals surface area contributed by atoms with Crippen molar-refractivity contribution >= 4 is 28.3 Å². The van der Waals surface area contributed by atoms with Crippen molar-refractivity contribution in [2.24, 2.45) is 0 Å². The molecule has 0 aliphatic carbocycles. The standard InChI is InChI=1S/C22H20N2O2/c25-21-11-6-14-23(21)16-24(20-9-2-1-3-10-20)22(26)19-13-12-17-7-4-5-8-18(17)15-19/h1-5,7-10,12-13,15H,6,11,14,16H2. The van der Waals surface area contributed by atoms with Crippen molar-refractivity contribution in [3.05, 3.63) is 78.4 Å².